The van der Waals surface area contributed by atoms with Crippen LogP contribution in [0.3, 0.4) is 0 Å². The second-order valence-corrected chi connectivity index (χ2v) is 10.1. The molecule has 0 unspecified atom stereocenters. The van der Waals surface area contributed by atoms with Gasteiger partial charge in [-0.2, -0.15) is 4.98 Å². The number of hydrogen-bond acceptors (Lipinski definition) is 6. The van der Waals surface area contributed by atoms with Crippen LogP contribution >= 0.6 is 0 Å². The standard InChI is InChI=1S/C30H45N5O2/c1-2-3-4-5-6-7-8-9-10-11-12-13-14-15-19-22-26(36)37-30-34-27-28(31)32-24-33-29(27)35(30)23-25-20-17-16-18-21-25/h16-18,20-21,24H,2-15,19,22-23H2,1H3,(H2,31,32,33). The van der Waals surface area contributed by atoms with E-state index in [9.17, 15) is 4.79 Å². The van der Waals surface area contributed by atoms with Gasteiger partial charge in [0.1, 0.15) is 6.33 Å². The SMILES string of the molecule is CCCCCCCCCCCCCCCCCC(=O)Oc1nc2c(N)ncnc2n1Cc1ccccc1. The van der Waals surface area contributed by atoms with Gasteiger partial charge in [-0.15, -0.1) is 0 Å². The van der Waals surface area contributed by atoms with Crippen molar-refractivity contribution in [3.8, 4) is 6.01 Å². The Hall–Kier alpha value is -2.96. The Morgan fingerprint density at radius 2 is 1.38 bits per heavy atom. The zero-order valence-corrected chi connectivity index (χ0v) is 22.7. The normalized spacial score (nSPS) is 11.3. The maximum absolute atomic E-state index is 12.6. The van der Waals surface area contributed by atoms with Crippen LogP contribution in [0.5, 0.6) is 6.01 Å². The van der Waals surface area contributed by atoms with E-state index in [0.717, 1.165) is 18.4 Å². The summed E-state index contributed by atoms with van der Waals surface area (Å²) in [7, 11) is 0. The lowest BCUT2D eigenvalue weighted by molar-refractivity contribution is -0.135. The molecule has 0 aliphatic rings. The fourth-order valence-electron chi connectivity index (χ4n) is 4.71. The summed E-state index contributed by atoms with van der Waals surface area (Å²) < 4.78 is 7.45. The average Bonchev–Trinajstić information content (AvgIpc) is 3.25. The van der Waals surface area contributed by atoms with E-state index in [1.54, 1.807) is 4.57 Å². The van der Waals surface area contributed by atoms with Gasteiger partial charge in [-0.1, -0.05) is 127 Å². The zero-order valence-electron chi connectivity index (χ0n) is 22.7. The van der Waals surface area contributed by atoms with Gasteiger partial charge in [0.15, 0.2) is 17.0 Å². The van der Waals surface area contributed by atoms with Crippen molar-refractivity contribution in [3.05, 3.63) is 42.2 Å². The Morgan fingerprint density at radius 1 is 0.811 bits per heavy atom. The molecular weight excluding hydrogens is 462 g/mol. The van der Waals surface area contributed by atoms with Crippen LogP contribution in [0.2, 0.25) is 0 Å². The number of unbranched alkanes of at least 4 members (excludes halogenated alkanes) is 14. The van der Waals surface area contributed by atoms with Crippen LogP contribution in [0, 0.1) is 0 Å². The van der Waals surface area contributed by atoms with E-state index in [4.69, 9.17) is 10.5 Å². The summed E-state index contributed by atoms with van der Waals surface area (Å²) in [5.41, 5.74) is 8.06. The number of hydrogen-bond donors (Lipinski definition) is 1. The summed E-state index contributed by atoms with van der Waals surface area (Å²) in [5, 5.41) is 0. The van der Waals surface area contributed by atoms with Gasteiger partial charge in [0.2, 0.25) is 0 Å². The van der Waals surface area contributed by atoms with E-state index in [2.05, 4.69) is 21.9 Å². The van der Waals surface area contributed by atoms with Crippen molar-refractivity contribution in [2.45, 2.75) is 116 Å². The molecule has 0 aliphatic heterocycles. The minimum atomic E-state index is -0.272. The number of carbonyl (C=O) groups is 1. The van der Waals surface area contributed by atoms with Gasteiger partial charge in [-0.3, -0.25) is 9.36 Å². The van der Waals surface area contributed by atoms with Gasteiger partial charge < -0.3 is 10.5 Å². The van der Waals surface area contributed by atoms with E-state index < -0.39 is 0 Å². The quantitative estimate of drug-likeness (QED) is 0.132. The first-order valence-electron chi connectivity index (χ1n) is 14.4. The number of nitrogens with two attached hydrogens (primary N) is 1. The molecule has 0 fully saturated rings. The Labute approximate surface area is 222 Å². The van der Waals surface area contributed by atoms with Crippen LogP contribution in [-0.2, 0) is 11.3 Å². The molecule has 0 atom stereocenters. The number of esters is 1. The number of anilines is 1. The van der Waals surface area contributed by atoms with Gasteiger partial charge in [-0.25, -0.2) is 9.97 Å². The van der Waals surface area contributed by atoms with Crippen molar-refractivity contribution < 1.29 is 9.53 Å². The predicted molar refractivity (Wildman–Crippen MR) is 150 cm³/mol. The molecule has 0 radical (unpaired) electrons. The molecule has 0 spiro atoms. The molecule has 0 bridgehead atoms. The number of nitrogen functional groups attached to an aromatic ring is 1. The highest BCUT2D eigenvalue weighted by molar-refractivity contribution is 5.83. The van der Waals surface area contributed by atoms with Crippen LogP contribution in [0.25, 0.3) is 11.2 Å². The molecule has 7 nitrogen and oxygen atoms in total. The molecule has 2 N–H and O–H groups in total. The molecule has 7 heteroatoms. The number of imidazole rings is 1. The number of ether oxygens (including phenoxy) is 1. The molecule has 1 aromatic carbocycles. The lowest BCUT2D eigenvalue weighted by Gasteiger charge is -2.09. The molecule has 3 rings (SSSR count). The molecule has 3 aromatic rings. The molecule has 0 amide bonds. The minimum Gasteiger partial charge on any atom is -0.392 e. The van der Waals surface area contributed by atoms with Crippen molar-refractivity contribution in [2.75, 3.05) is 5.73 Å². The minimum absolute atomic E-state index is 0.219. The lowest BCUT2D eigenvalue weighted by atomic mass is 10.0. The Bertz CT molecular complexity index is 1050. The number of nitrogens with zero attached hydrogens (tertiary/aromatic N) is 4. The summed E-state index contributed by atoms with van der Waals surface area (Å²) in [4.78, 5) is 25.4. The van der Waals surface area contributed by atoms with Gasteiger partial charge in [0, 0.05) is 6.42 Å². The maximum atomic E-state index is 12.6. The third-order valence-corrected chi connectivity index (χ3v) is 6.90. The van der Waals surface area contributed by atoms with Crippen LogP contribution in [0.15, 0.2) is 36.7 Å². The van der Waals surface area contributed by atoms with Crippen LogP contribution in [0.1, 0.15) is 115 Å². The number of benzene rings is 1. The second kappa shape index (κ2) is 16.7. The average molecular weight is 508 g/mol. The summed E-state index contributed by atoms with van der Waals surface area (Å²) in [6.45, 7) is 2.75. The van der Waals surface area contributed by atoms with Crippen molar-refractivity contribution in [1.82, 2.24) is 19.5 Å². The highest BCUT2D eigenvalue weighted by atomic mass is 16.5. The van der Waals surface area contributed by atoms with Crippen molar-refractivity contribution in [2.24, 2.45) is 0 Å². The van der Waals surface area contributed by atoms with Crippen LogP contribution in [-0.4, -0.2) is 25.5 Å². The van der Waals surface area contributed by atoms with Crippen molar-refractivity contribution in [3.63, 3.8) is 0 Å². The number of fused-ring (bicyclic) bond motifs is 1. The Kier molecular flexibility index (Phi) is 12.9. The fraction of sp³-hybridized carbons (Fsp3) is 0.600. The molecule has 2 heterocycles. The Balaban J connectivity index is 1.31. The van der Waals surface area contributed by atoms with Gasteiger partial charge in [0.05, 0.1) is 6.54 Å². The molecule has 0 saturated carbocycles. The second-order valence-electron chi connectivity index (χ2n) is 10.1. The van der Waals surface area contributed by atoms with Crippen molar-refractivity contribution >= 4 is 23.0 Å². The summed E-state index contributed by atoms with van der Waals surface area (Å²) in [5.74, 6) is 0.00219. The van der Waals surface area contributed by atoms with E-state index in [1.165, 1.54) is 89.8 Å². The fourth-order valence-corrected chi connectivity index (χ4v) is 4.71. The zero-order chi connectivity index (χ0) is 26.1. The first-order valence-corrected chi connectivity index (χ1v) is 14.4. The van der Waals surface area contributed by atoms with Crippen molar-refractivity contribution in [1.29, 1.82) is 0 Å². The number of rotatable bonds is 19. The van der Waals surface area contributed by atoms with E-state index in [0.29, 0.717) is 24.1 Å². The lowest BCUT2D eigenvalue weighted by Crippen LogP contribution is -2.12. The molecule has 0 aliphatic carbocycles. The number of carbonyl (C=O) groups excluding carboxylic acids is 1. The van der Waals surface area contributed by atoms with E-state index in [1.807, 2.05) is 30.3 Å². The predicted octanol–water partition coefficient (Wildman–Crippen LogP) is 7.62. The monoisotopic (exact) mass is 507 g/mol. The van der Waals surface area contributed by atoms with Gasteiger partial charge in [-0.05, 0) is 12.0 Å². The van der Waals surface area contributed by atoms with Crippen LogP contribution < -0.4 is 10.5 Å². The highest BCUT2D eigenvalue weighted by Crippen LogP contribution is 2.24. The molecule has 2 aromatic heterocycles. The summed E-state index contributed by atoms with van der Waals surface area (Å²) in [6, 6.07) is 10.2. The van der Waals surface area contributed by atoms with Gasteiger partial charge >= 0.3 is 12.0 Å². The molecule has 0 saturated heterocycles. The first-order chi connectivity index (χ1) is 18.2. The number of aromatic nitrogens is 4. The highest BCUT2D eigenvalue weighted by Gasteiger charge is 2.18. The van der Waals surface area contributed by atoms with Crippen LogP contribution in [0.4, 0.5) is 5.82 Å². The molecular formula is C30H45N5O2. The topological polar surface area (TPSA) is 95.9 Å². The largest absolute Gasteiger partial charge is 0.392 e. The van der Waals surface area contributed by atoms with E-state index >= 15 is 0 Å². The maximum Gasteiger partial charge on any atom is 0.313 e. The first kappa shape index (κ1) is 28.6. The van der Waals surface area contributed by atoms with Gasteiger partial charge in [0.25, 0.3) is 0 Å². The Morgan fingerprint density at radius 3 is 1.97 bits per heavy atom. The summed E-state index contributed by atoms with van der Waals surface area (Å²) >= 11 is 0. The van der Waals surface area contributed by atoms with E-state index in [-0.39, 0.29) is 17.8 Å². The molecule has 202 valence electrons. The summed E-state index contributed by atoms with van der Waals surface area (Å²) in [6.07, 6.45) is 21.2. The third-order valence-electron chi connectivity index (χ3n) is 6.90. The smallest absolute Gasteiger partial charge is 0.313 e. The molecule has 37 heavy (non-hydrogen) atoms. The third kappa shape index (κ3) is 10.1.